The van der Waals surface area contributed by atoms with E-state index in [0.29, 0.717) is 15.7 Å². The second-order valence-corrected chi connectivity index (χ2v) is 7.03. The molecule has 0 radical (unpaired) electrons. The van der Waals surface area contributed by atoms with Gasteiger partial charge in [-0.3, -0.25) is 10.1 Å². The minimum absolute atomic E-state index is 0.259. The maximum atomic E-state index is 13.2. The van der Waals surface area contributed by atoms with Crippen molar-refractivity contribution in [2.45, 2.75) is 19.8 Å². The molecule has 1 aromatic heterocycles. The summed E-state index contributed by atoms with van der Waals surface area (Å²) in [5, 5.41) is 3.85. The van der Waals surface area contributed by atoms with Gasteiger partial charge in [0, 0.05) is 21.0 Å². The lowest BCUT2D eigenvalue weighted by molar-refractivity contribution is 0.102. The predicted molar refractivity (Wildman–Crippen MR) is 101 cm³/mol. The van der Waals surface area contributed by atoms with Gasteiger partial charge in [-0.1, -0.05) is 31.0 Å². The number of anilines is 1. The first kappa shape index (κ1) is 17.6. The second kappa shape index (κ2) is 7.76. The van der Waals surface area contributed by atoms with E-state index in [1.54, 1.807) is 36.4 Å². The summed E-state index contributed by atoms with van der Waals surface area (Å²) in [7, 11) is 0. The quantitative estimate of drug-likeness (QED) is 0.612. The number of aryl methyl sites for hydroxylation is 1. The normalized spacial score (nSPS) is 10.7. The fourth-order valence-corrected chi connectivity index (χ4v) is 3.70. The molecule has 0 aliphatic carbocycles. The molecule has 0 aliphatic rings. The number of carbonyl (C=O) groups excluding carboxylic acids is 1. The van der Waals surface area contributed by atoms with Crippen LogP contribution in [0.4, 0.5) is 9.52 Å². The average molecular weight is 375 g/mol. The predicted octanol–water partition coefficient (Wildman–Crippen LogP) is 5.81. The topological polar surface area (TPSA) is 42.0 Å². The molecule has 25 heavy (non-hydrogen) atoms. The van der Waals surface area contributed by atoms with Gasteiger partial charge in [0.1, 0.15) is 5.82 Å². The van der Waals surface area contributed by atoms with Crippen LogP contribution in [0, 0.1) is 5.82 Å². The molecule has 0 saturated carbocycles. The minimum atomic E-state index is -0.287. The minimum Gasteiger partial charge on any atom is -0.298 e. The number of nitrogens with zero attached hydrogens (tertiary/aromatic N) is 1. The van der Waals surface area contributed by atoms with Gasteiger partial charge in [-0.25, -0.2) is 9.37 Å². The highest BCUT2D eigenvalue weighted by molar-refractivity contribution is 7.16. The van der Waals surface area contributed by atoms with Crippen molar-refractivity contribution in [1.82, 2.24) is 4.98 Å². The summed E-state index contributed by atoms with van der Waals surface area (Å²) in [6, 6.07) is 13.0. The van der Waals surface area contributed by atoms with Gasteiger partial charge in [0.15, 0.2) is 5.13 Å². The molecule has 3 rings (SSSR count). The number of thiazole rings is 1. The van der Waals surface area contributed by atoms with Crippen molar-refractivity contribution in [2.24, 2.45) is 0 Å². The van der Waals surface area contributed by atoms with Crippen LogP contribution in [0.1, 0.15) is 28.6 Å². The van der Waals surface area contributed by atoms with Crippen molar-refractivity contribution in [2.75, 3.05) is 5.32 Å². The SMILES string of the molecule is CCCc1sc(NC(=O)c2cccc(Cl)c2)nc1-c1ccc(F)cc1. The molecule has 0 aliphatic heterocycles. The molecule has 1 heterocycles. The van der Waals surface area contributed by atoms with Crippen LogP contribution >= 0.6 is 22.9 Å². The Balaban J connectivity index is 1.88. The van der Waals surface area contributed by atoms with E-state index in [2.05, 4.69) is 17.2 Å². The number of hydrogen-bond donors (Lipinski definition) is 1. The zero-order chi connectivity index (χ0) is 17.8. The Labute approximate surface area is 154 Å². The number of halogens is 2. The largest absolute Gasteiger partial charge is 0.298 e. The maximum absolute atomic E-state index is 13.2. The summed E-state index contributed by atoms with van der Waals surface area (Å²) in [5.41, 5.74) is 2.10. The zero-order valence-electron chi connectivity index (χ0n) is 13.6. The molecule has 3 aromatic rings. The smallest absolute Gasteiger partial charge is 0.257 e. The molecule has 0 unspecified atom stereocenters. The van der Waals surface area contributed by atoms with E-state index < -0.39 is 0 Å². The maximum Gasteiger partial charge on any atom is 0.257 e. The first-order chi connectivity index (χ1) is 12.1. The molecule has 2 aromatic carbocycles. The van der Waals surface area contributed by atoms with Crippen LogP contribution in [0.3, 0.4) is 0 Å². The van der Waals surface area contributed by atoms with E-state index >= 15 is 0 Å². The van der Waals surface area contributed by atoms with Gasteiger partial charge in [-0.2, -0.15) is 0 Å². The van der Waals surface area contributed by atoms with Crippen molar-refractivity contribution in [3.8, 4) is 11.3 Å². The number of rotatable bonds is 5. The van der Waals surface area contributed by atoms with Crippen molar-refractivity contribution >= 4 is 34.0 Å². The number of aromatic nitrogens is 1. The molecule has 3 nitrogen and oxygen atoms in total. The molecule has 0 atom stereocenters. The highest BCUT2D eigenvalue weighted by Gasteiger charge is 2.15. The fourth-order valence-electron chi connectivity index (χ4n) is 2.43. The third kappa shape index (κ3) is 4.24. The molecule has 0 bridgehead atoms. The standard InChI is InChI=1S/C19H16ClFN2OS/c1-2-4-16-17(12-7-9-15(21)10-8-12)22-19(25-16)23-18(24)13-5-3-6-14(20)11-13/h3,5-11H,2,4H2,1H3,(H,22,23,24). The van der Waals surface area contributed by atoms with Gasteiger partial charge < -0.3 is 0 Å². The lowest BCUT2D eigenvalue weighted by atomic mass is 10.1. The van der Waals surface area contributed by atoms with E-state index in [9.17, 15) is 9.18 Å². The Kier molecular flexibility index (Phi) is 5.46. The van der Waals surface area contributed by atoms with Gasteiger partial charge >= 0.3 is 0 Å². The van der Waals surface area contributed by atoms with E-state index in [-0.39, 0.29) is 11.7 Å². The highest BCUT2D eigenvalue weighted by atomic mass is 35.5. The van der Waals surface area contributed by atoms with E-state index in [1.807, 2.05) is 0 Å². The molecule has 6 heteroatoms. The monoisotopic (exact) mass is 374 g/mol. The summed E-state index contributed by atoms with van der Waals surface area (Å²) in [6.45, 7) is 2.08. The summed E-state index contributed by atoms with van der Waals surface area (Å²) in [5.74, 6) is -0.546. The number of nitrogens with one attached hydrogen (secondary N) is 1. The molecule has 0 spiro atoms. The molecule has 1 amide bonds. The fraction of sp³-hybridized carbons (Fsp3) is 0.158. The van der Waals surface area contributed by atoms with Crippen LogP contribution in [0.25, 0.3) is 11.3 Å². The average Bonchev–Trinajstić information content (AvgIpc) is 2.98. The van der Waals surface area contributed by atoms with Crippen molar-refractivity contribution < 1.29 is 9.18 Å². The summed E-state index contributed by atoms with van der Waals surface area (Å²) in [6.07, 6.45) is 1.80. The van der Waals surface area contributed by atoms with Crippen molar-refractivity contribution in [3.63, 3.8) is 0 Å². The van der Waals surface area contributed by atoms with Crippen molar-refractivity contribution in [3.05, 3.63) is 69.8 Å². The van der Waals surface area contributed by atoms with Gasteiger partial charge in [-0.05, 0) is 48.9 Å². The molecule has 0 fully saturated rings. The third-order valence-corrected chi connectivity index (χ3v) is 4.87. The Bertz CT molecular complexity index is 893. The zero-order valence-corrected chi connectivity index (χ0v) is 15.1. The van der Waals surface area contributed by atoms with Crippen LogP contribution in [-0.2, 0) is 6.42 Å². The van der Waals surface area contributed by atoms with E-state index in [1.165, 1.54) is 23.5 Å². The Morgan fingerprint density at radius 1 is 1.24 bits per heavy atom. The van der Waals surface area contributed by atoms with Crippen molar-refractivity contribution in [1.29, 1.82) is 0 Å². The molecule has 1 N–H and O–H groups in total. The van der Waals surface area contributed by atoms with Crippen LogP contribution in [-0.4, -0.2) is 10.9 Å². The van der Waals surface area contributed by atoms with Gasteiger partial charge in [0.05, 0.1) is 5.69 Å². The van der Waals surface area contributed by atoms with Gasteiger partial charge in [0.2, 0.25) is 0 Å². The molecular weight excluding hydrogens is 359 g/mol. The van der Waals surface area contributed by atoms with Crippen LogP contribution in [0.15, 0.2) is 48.5 Å². The Morgan fingerprint density at radius 3 is 2.68 bits per heavy atom. The third-order valence-electron chi connectivity index (χ3n) is 3.60. The van der Waals surface area contributed by atoms with Gasteiger partial charge in [0.25, 0.3) is 5.91 Å². The number of benzene rings is 2. The summed E-state index contributed by atoms with van der Waals surface area (Å²) < 4.78 is 13.2. The lowest BCUT2D eigenvalue weighted by Crippen LogP contribution is -2.11. The van der Waals surface area contributed by atoms with Crippen LogP contribution in [0.2, 0.25) is 5.02 Å². The highest BCUT2D eigenvalue weighted by Crippen LogP contribution is 2.32. The first-order valence-electron chi connectivity index (χ1n) is 7.89. The molecule has 0 saturated heterocycles. The number of amides is 1. The van der Waals surface area contributed by atoms with Gasteiger partial charge in [-0.15, -0.1) is 11.3 Å². The van der Waals surface area contributed by atoms with E-state index in [0.717, 1.165) is 29.0 Å². The summed E-state index contributed by atoms with van der Waals surface area (Å²) in [4.78, 5) is 18.0. The number of hydrogen-bond acceptors (Lipinski definition) is 3. The second-order valence-electron chi connectivity index (χ2n) is 5.51. The molecule has 128 valence electrons. The summed E-state index contributed by atoms with van der Waals surface area (Å²) >= 11 is 7.37. The Morgan fingerprint density at radius 2 is 2.00 bits per heavy atom. The van der Waals surface area contributed by atoms with Crippen LogP contribution < -0.4 is 5.32 Å². The molecular formula is C19H16ClFN2OS. The Hall–Kier alpha value is -2.24. The lowest BCUT2D eigenvalue weighted by Gasteiger charge is -2.02. The number of carbonyl (C=O) groups is 1. The van der Waals surface area contributed by atoms with Crippen LogP contribution in [0.5, 0.6) is 0 Å². The van der Waals surface area contributed by atoms with E-state index in [4.69, 9.17) is 11.6 Å². The first-order valence-corrected chi connectivity index (χ1v) is 9.09.